The molecule has 0 radical (unpaired) electrons. The number of amides is 4. The third kappa shape index (κ3) is 7.17. The van der Waals surface area contributed by atoms with Crippen molar-refractivity contribution < 1.29 is 34.2 Å². The topological polar surface area (TPSA) is 191 Å². The van der Waals surface area contributed by atoms with Gasteiger partial charge < -0.3 is 36.8 Å². The van der Waals surface area contributed by atoms with E-state index in [1.54, 1.807) is 12.1 Å². The summed E-state index contributed by atoms with van der Waals surface area (Å²) in [6.45, 7) is 0.914. The molecule has 2 saturated heterocycles. The lowest BCUT2D eigenvalue weighted by Crippen LogP contribution is -2.57. The third-order valence-corrected chi connectivity index (χ3v) is 6.50. The molecule has 2 aliphatic heterocycles. The number of likely N-dealkylation sites (tertiary alicyclic amines) is 1. The van der Waals surface area contributed by atoms with E-state index in [0.717, 1.165) is 6.42 Å². The van der Waals surface area contributed by atoms with Gasteiger partial charge in [-0.1, -0.05) is 12.1 Å². The summed E-state index contributed by atoms with van der Waals surface area (Å²) in [6, 6.07) is 2.47. The average molecular weight is 504 g/mol. The van der Waals surface area contributed by atoms with Crippen LogP contribution in [0.5, 0.6) is 5.75 Å². The van der Waals surface area contributed by atoms with Gasteiger partial charge in [-0.05, 0) is 56.3 Å². The van der Waals surface area contributed by atoms with Crippen molar-refractivity contribution >= 4 is 29.6 Å². The molecule has 1 aromatic carbocycles. The van der Waals surface area contributed by atoms with Crippen molar-refractivity contribution in [3.05, 3.63) is 29.8 Å². The highest BCUT2D eigenvalue weighted by atomic mass is 16.4. The minimum Gasteiger partial charge on any atom is -0.508 e. The standard InChI is InChI=1S/C24H33N5O7/c25-20(31)10-9-17(23(34)29-12-2-4-19(29)24(35)36)27-22(33)18(13-14-5-7-15(30)8-6-14)28-21(32)16-3-1-11-26-16/h5-8,16-19,26,30H,1-4,9-13H2,(H2,25,31)(H,27,33)(H,28,32)(H,35,36). The van der Waals surface area contributed by atoms with Crippen molar-refractivity contribution in [3.63, 3.8) is 0 Å². The maximum absolute atomic E-state index is 13.4. The molecule has 0 spiro atoms. The quantitative estimate of drug-likeness (QED) is 0.221. The highest BCUT2D eigenvalue weighted by molar-refractivity contribution is 5.94. The van der Waals surface area contributed by atoms with E-state index >= 15 is 0 Å². The highest BCUT2D eigenvalue weighted by Gasteiger charge is 2.38. The Bertz CT molecular complexity index is 978. The van der Waals surface area contributed by atoms with Crippen molar-refractivity contribution in [1.82, 2.24) is 20.9 Å². The fourth-order valence-corrected chi connectivity index (χ4v) is 4.56. The second kappa shape index (κ2) is 12.3. The van der Waals surface area contributed by atoms with Crippen LogP contribution in [0.15, 0.2) is 24.3 Å². The Morgan fingerprint density at radius 2 is 1.78 bits per heavy atom. The van der Waals surface area contributed by atoms with Gasteiger partial charge in [0.1, 0.15) is 23.9 Å². The van der Waals surface area contributed by atoms with Gasteiger partial charge in [0, 0.05) is 19.4 Å². The van der Waals surface area contributed by atoms with Crippen LogP contribution in [0.3, 0.4) is 0 Å². The number of hydrogen-bond acceptors (Lipinski definition) is 7. The molecule has 1 aromatic rings. The summed E-state index contributed by atoms with van der Waals surface area (Å²) in [5.41, 5.74) is 5.92. The number of aliphatic carboxylic acids is 1. The minimum absolute atomic E-state index is 0.0506. The number of nitrogens with one attached hydrogen (secondary N) is 3. The van der Waals surface area contributed by atoms with Gasteiger partial charge in [-0.3, -0.25) is 19.2 Å². The third-order valence-electron chi connectivity index (χ3n) is 6.50. The normalized spacial score (nSPS) is 20.9. The minimum atomic E-state index is -1.19. The molecule has 0 saturated carbocycles. The van der Waals surface area contributed by atoms with E-state index in [0.29, 0.717) is 31.4 Å². The van der Waals surface area contributed by atoms with E-state index < -0.39 is 47.9 Å². The molecule has 0 bridgehead atoms. The van der Waals surface area contributed by atoms with E-state index in [4.69, 9.17) is 5.73 Å². The Kier molecular flexibility index (Phi) is 9.23. The lowest BCUT2D eigenvalue weighted by atomic mass is 10.0. The second-order valence-electron chi connectivity index (χ2n) is 9.17. The number of carboxylic acids is 1. The lowest BCUT2D eigenvalue weighted by Gasteiger charge is -2.29. The number of nitrogens with two attached hydrogens (primary N) is 1. The number of aromatic hydroxyl groups is 1. The summed E-state index contributed by atoms with van der Waals surface area (Å²) in [5.74, 6) is -3.36. The molecule has 0 aliphatic carbocycles. The van der Waals surface area contributed by atoms with Crippen LogP contribution in [-0.4, -0.2) is 82.0 Å². The van der Waals surface area contributed by atoms with Crippen molar-refractivity contribution in [2.24, 2.45) is 5.73 Å². The molecule has 4 unspecified atom stereocenters. The van der Waals surface area contributed by atoms with Crippen LogP contribution in [0, 0.1) is 0 Å². The number of carbonyl (C=O) groups is 5. The van der Waals surface area contributed by atoms with Gasteiger partial charge in [0.2, 0.25) is 23.6 Å². The molecule has 2 heterocycles. The smallest absolute Gasteiger partial charge is 0.326 e. The van der Waals surface area contributed by atoms with Gasteiger partial charge in [0.25, 0.3) is 0 Å². The molecule has 2 aliphatic rings. The zero-order valence-electron chi connectivity index (χ0n) is 19.9. The molecule has 36 heavy (non-hydrogen) atoms. The molecule has 0 aromatic heterocycles. The van der Waals surface area contributed by atoms with Crippen LogP contribution in [0.4, 0.5) is 0 Å². The Morgan fingerprint density at radius 1 is 1.06 bits per heavy atom. The summed E-state index contributed by atoms with van der Waals surface area (Å²) in [6.07, 6.45) is 2.05. The maximum atomic E-state index is 13.4. The monoisotopic (exact) mass is 503 g/mol. The fourth-order valence-electron chi connectivity index (χ4n) is 4.56. The Morgan fingerprint density at radius 3 is 2.39 bits per heavy atom. The van der Waals surface area contributed by atoms with E-state index in [1.807, 2.05) is 0 Å². The molecule has 4 atom stereocenters. The van der Waals surface area contributed by atoms with Crippen LogP contribution in [0.2, 0.25) is 0 Å². The number of hydrogen-bond donors (Lipinski definition) is 6. The highest BCUT2D eigenvalue weighted by Crippen LogP contribution is 2.20. The van der Waals surface area contributed by atoms with Gasteiger partial charge in [-0.15, -0.1) is 0 Å². The zero-order chi connectivity index (χ0) is 26.2. The van der Waals surface area contributed by atoms with E-state index in [9.17, 15) is 34.2 Å². The molecular weight excluding hydrogens is 470 g/mol. The molecule has 12 heteroatoms. The summed E-state index contributed by atoms with van der Waals surface area (Å²) < 4.78 is 0. The molecule has 7 N–H and O–H groups in total. The molecular formula is C24H33N5O7. The SMILES string of the molecule is NC(=O)CCC(NC(=O)C(Cc1ccc(O)cc1)NC(=O)C1CCCN1)C(=O)N1CCCC1C(=O)O. The molecule has 4 amide bonds. The zero-order valence-corrected chi connectivity index (χ0v) is 19.9. The molecule has 196 valence electrons. The molecule has 12 nitrogen and oxygen atoms in total. The van der Waals surface area contributed by atoms with Gasteiger partial charge in [-0.2, -0.15) is 0 Å². The van der Waals surface area contributed by atoms with Crippen molar-refractivity contribution in [3.8, 4) is 5.75 Å². The van der Waals surface area contributed by atoms with Crippen LogP contribution in [0.1, 0.15) is 44.1 Å². The van der Waals surface area contributed by atoms with Crippen molar-refractivity contribution in [2.45, 2.75) is 69.1 Å². The first-order valence-electron chi connectivity index (χ1n) is 12.1. The largest absolute Gasteiger partial charge is 0.508 e. The summed E-state index contributed by atoms with van der Waals surface area (Å²) in [7, 11) is 0. The summed E-state index contributed by atoms with van der Waals surface area (Å²) in [5, 5.41) is 27.5. The Labute approximate surface area is 208 Å². The predicted molar refractivity (Wildman–Crippen MR) is 127 cm³/mol. The van der Waals surface area contributed by atoms with Gasteiger partial charge in [0.15, 0.2) is 0 Å². The van der Waals surface area contributed by atoms with Gasteiger partial charge >= 0.3 is 5.97 Å². The van der Waals surface area contributed by atoms with Gasteiger partial charge in [0.05, 0.1) is 6.04 Å². The Hall–Kier alpha value is -3.67. The van der Waals surface area contributed by atoms with Crippen molar-refractivity contribution in [2.75, 3.05) is 13.1 Å². The first-order valence-corrected chi connectivity index (χ1v) is 12.1. The first kappa shape index (κ1) is 26.9. The van der Waals surface area contributed by atoms with Crippen LogP contribution in [0.25, 0.3) is 0 Å². The number of benzene rings is 1. The second-order valence-corrected chi connectivity index (χ2v) is 9.17. The molecule has 2 fully saturated rings. The van der Waals surface area contributed by atoms with E-state index in [-0.39, 0.29) is 37.5 Å². The number of carboxylic acid groups (broad SMARTS) is 1. The van der Waals surface area contributed by atoms with E-state index in [2.05, 4.69) is 16.0 Å². The number of rotatable bonds is 11. The Balaban J connectivity index is 1.78. The van der Waals surface area contributed by atoms with E-state index in [1.165, 1.54) is 17.0 Å². The van der Waals surface area contributed by atoms with Crippen LogP contribution >= 0.6 is 0 Å². The summed E-state index contributed by atoms with van der Waals surface area (Å²) in [4.78, 5) is 63.5. The summed E-state index contributed by atoms with van der Waals surface area (Å²) >= 11 is 0. The molecule has 3 rings (SSSR count). The first-order chi connectivity index (χ1) is 17.2. The average Bonchev–Trinajstić information content (AvgIpc) is 3.54. The number of nitrogens with zero attached hydrogens (tertiary/aromatic N) is 1. The van der Waals surface area contributed by atoms with Crippen LogP contribution in [-0.2, 0) is 30.4 Å². The lowest BCUT2D eigenvalue weighted by molar-refractivity contribution is -0.149. The predicted octanol–water partition coefficient (Wildman–Crippen LogP) is -1.00. The fraction of sp³-hybridized carbons (Fsp3) is 0.542. The number of carbonyl (C=O) groups excluding carboxylic acids is 4. The number of phenols is 1. The number of primary amides is 1. The van der Waals surface area contributed by atoms with Crippen LogP contribution < -0.4 is 21.7 Å². The maximum Gasteiger partial charge on any atom is 0.326 e. The number of phenolic OH excluding ortho intramolecular Hbond substituents is 1. The van der Waals surface area contributed by atoms with Crippen molar-refractivity contribution in [1.29, 1.82) is 0 Å². The van der Waals surface area contributed by atoms with Gasteiger partial charge in [-0.25, -0.2) is 4.79 Å².